The van der Waals surface area contributed by atoms with Crippen LogP contribution >= 0.6 is 0 Å². The van der Waals surface area contributed by atoms with Crippen LogP contribution in [-0.2, 0) is 16.1 Å². The van der Waals surface area contributed by atoms with Gasteiger partial charge in [0.2, 0.25) is 0 Å². The fraction of sp³-hybridized carbons (Fsp3) is 0.222. The third-order valence-electron chi connectivity index (χ3n) is 3.29. The van der Waals surface area contributed by atoms with Crippen LogP contribution in [0.2, 0.25) is 0 Å². The van der Waals surface area contributed by atoms with Gasteiger partial charge in [-0.05, 0) is 23.1 Å². The van der Waals surface area contributed by atoms with Crippen LogP contribution in [0.3, 0.4) is 0 Å². The number of hydrogen-bond donors (Lipinski definition) is 1. The Balaban J connectivity index is 0.000000188. The molecule has 0 spiro atoms. The topological polar surface area (TPSA) is 58.9 Å². The second kappa shape index (κ2) is 7.98. The minimum absolute atomic E-state index is 0.116. The van der Waals surface area contributed by atoms with Gasteiger partial charge in [-0.2, -0.15) is 0 Å². The van der Waals surface area contributed by atoms with Crippen molar-refractivity contribution in [2.45, 2.75) is 19.8 Å². The lowest BCUT2D eigenvalue weighted by Crippen LogP contribution is -2.09. The molecule has 2 aromatic carbocycles. The molecule has 0 radical (unpaired) electrons. The summed E-state index contributed by atoms with van der Waals surface area (Å²) in [5.41, 5.74) is 4.11. The van der Waals surface area contributed by atoms with E-state index in [4.69, 9.17) is 5.11 Å². The first-order valence-corrected chi connectivity index (χ1v) is 7.27. The van der Waals surface area contributed by atoms with Crippen LogP contribution in [0.25, 0.3) is 11.1 Å². The number of nitrogens with zero attached hydrogens (tertiary/aromatic N) is 1. The Morgan fingerprint density at radius 2 is 1.86 bits per heavy atom. The molecular formula is C18H19NO3. The summed E-state index contributed by atoms with van der Waals surface area (Å²) in [5, 5.41) is 11.5. The standard InChI is InChI=1S/C14H14.C4H5NO3/c1-2-12-7-6-10-14(11-12)13-8-4-3-5-9-13;6-4(7)3-1-2-8-5-3/h3-11H,2H2,1H3;1-2H2,(H,6,7). The van der Waals surface area contributed by atoms with Crippen molar-refractivity contribution in [1.29, 1.82) is 0 Å². The molecule has 0 saturated carbocycles. The Morgan fingerprint density at radius 1 is 1.14 bits per heavy atom. The van der Waals surface area contributed by atoms with E-state index in [1.807, 2.05) is 6.07 Å². The fourth-order valence-electron chi connectivity index (χ4n) is 2.06. The van der Waals surface area contributed by atoms with E-state index in [-0.39, 0.29) is 5.71 Å². The van der Waals surface area contributed by atoms with Gasteiger partial charge < -0.3 is 9.94 Å². The molecule has 0 unspecified atom stereocenters. The number of aryl methyl sites for hydroxylation is 1. The largest absolute Gasteiger partial charge is 0.477 e. The van der Waals surface area contributed by atoms with Gasteiger partial charge in [-0.3, -0.25) is 0 Å². The molecule has 1 aliphatic heterocycles. The Hall–Kier alpha value is -2.62. The normalized spacial score (nSPS) is 12.7. The third kappa shape index (κ3) is 4.45. The molecule has 0 saturated heterocycles. The second-order valence-electron chi connectivity index (χ2n) is 4.85. The third-order valence-corrected chi connectivity index (χ3v) is 3.29. The lowest BCUT2D eigenvalue weighted by molar-refractivity contribution is -0.129. The van der Waals surface area contributed by atoms with Crippen LogP contribution in [0.1, 0.15) is 18.9 Å². The minimum atomic E-state index is -0.984. The van der Waals surface area contributed by atoms with Gasteiger partial charge in [0, 0.05) is 6.42 Å². The van der Waals surface area contributed by atoms with Gasteiger partial charge in [0.25, 0.3) is 0 Å². The summed E-state index contributed by atoms with van der Waals surface area (Å²) in [6, 6.07) is 19.2. The van der Waals surface area contributed by atoms with E-state index in [9.17, 15) is 4.79 Å². The number of hydrogen-bond acceptors (Lipinski definition) is 3. The molecule has 114 valence electrons. The van der Waals surface area contributed by atoms with Crippen LogP contribution in [0.15, 0.2) is 59.8 Å². The molecule has 2 aromatic rings. The molecule has 1 N–H and O–H groups in total. The van der Waals surface area contributed by atoms with Crippen molar-refractivity contribution < 1.29 is 14.7 Å². The van der Waals surface area contributed by atoms with Gasteiger partial charge in [-0.1, -0.05) is 66.7 Å². The van der Waals surface area contributed by atoms with Gasteiger partial charge in [0.05, 0.1) is 0 Å². The first-order chi connectivity index (χ1) is 10.7. The molecule has 4 heteroatoms. The monoisotopic (exact) mass is 297 g/mol. The summed E-state index contributed by atoms with van der Waals surface area (Å²) in [7, 11) is 0. The molecule has 4 nitrogen and oxygen atoms in total. The highest BCUT2D eigenvalue weighted by Gasteiger charge is 2.14. The molecule has 0 aromatic heterocycles. The SMILES string of the molecule is CCc1cccc(-c2ccccc2)c1.O=C(O)C1=NOCC1. The van der Waals surface area contributed by atoms with E-state index in [2.05, 4.69) is 65.4 Å². The highest BCUT2D eigenvalue weighted by atomic mass is 16.6. The Bertz CT molecular complexity index is 650. The van der Waals surface area contributed by atoms with Crippen molar-refractivity contribution in [2.24, 2.45) is 5.16 Å². The van der Waals surface area contributed by atoms with Crippen molar-refractivity contribution >= 4 is 11.7 Å². The zero-order chi connectivity index (χ0) is 15.8. The zero-order valence-electron chi connectivity index (χ0n) is 12.5. The van der Waals surface area contributed by atoms with Crippen LogP contribution in [0, 0.1) is 0 Å². The van der Waals surface area contributed by atoms with E-state index >= 15 is 0 Å². The summed E-state index contributed by atoms with van der Waals surface area (Å²) < 4.78 is 0. The van der Waals surface area contributed by atoms with Crippen molar-refractivity contribution in [1.82, 2.24) is 0 Å². The molecule has 0 amide bonds. The zero-order valence-corrected chi connectivity index (χ0v) is 12.5. The number of benzene rings is 2. The number of carbonyl (C=O) groups is 1. The minimum Gasteiger partial charge on any atom is -0.477 e. The molecule has 1 aliphatic rings. The maximum atomic E-state index is 9.99. The van der Waals surface area contributed by atoms with Crippen LogP contribution in [0.4, 0.5) is 0 Å². The Labute approximate surface area is 130 Å². The van der Waals surface area contributed by atoms with Crippen LogP contribution in [0.5, 0.6) is 0 Å². The molecule has 0 aliphatic carbocycles. The summed E-state index contributed by atoms with van der Waals surface area (Å²) in [6.45, 7) is 2.59. The summed E-state index contributed by atoms with van der Waals surface area (Å²) >= 11 is 0. The maximum absolute atomic E-state index is 9.99. The van der Waals surface area contributed by atoms with Gasteiger partial charge >= 0.3 is 5.97 Å². The lowest BCUT2D eigenvalue weighted by atomic mass is 10.0. The average Bonchev–Trinajstić information content (AvgIpc) is 3.11. The predicted molar refractivity (Wildman–Crippen MR) is 86.9 cm³/mol. The van der Waals surface area contributed by atoms with E-state index in [0.717, 1.165) is 6.42 Å². The maximum Gasteiger partial charge on any atom is 0.353 e. The van der Waals surface area contributed by atoms with E-state index in [0.29, 0.717) is 13.0 Å². The number of carboxylic acid groups (broad SMARTS) is 1. The van der Waals surface area contributed by atoms with Gasteiger partial charge in [-0.15, -0.1) is 0 Å². The average molecular weight is 297 g/mol. The van der Waals surface area contributed by atoms with Crippen LogP contribution in [-0.4, -0.2) is 23.4 Å². The van der Waals surface area contributed by atoms with E-state index in [1.54, 1.807) is 0 Å². The molecule has 22 heavy (non-hydrogen) atoms. The summed E-state index contributed by atoms with van der Waals surface area (Å²) in [4.78, 5) is 14.4. The number of carboxylic acids is 1. The molecule has 1 heterocycles. The predicted octanol–water partition coefficient (Wildman–Crippen LogP) is 3.76. The fourth-order valence-corrected chi connectivity index (χ4v) is 2.06. The van der Waals surface area contributed by atoms with Gasteiger partial charge in [-0.25, -0.2) is 4.79 Å². The number of aliphatic carboxylic acids is 1. The molecular weight excluding hydrogens is 278 g/mol. The number of rotatable bonds is 3. The van der Waals surface area contributed by atoms with Crippen molar-refractivity contribution in [3.05, 3.63) is 60.2 Å². The molecule has 0 fully saturated rings. The Kier molecular flexibility index (Phi) is 5.72. The van der Waals surface area contributed by atoms with E-state index < -0.39 is 5.97 Å². The van der Waals surface area contributed by atoms with Crippen LogP contribution < -0.4 is 0 Å². The van der Waals surface area contributed by atoms with Gasteiger partial charge in [0.15, 0.2) is 5.71 Å². The van der Waals surface area contributed by atoms with E-state index in [1.165, 1.54) is 16.7 Å². The van der Waals surface area contributed by atoms with Crippen molar-refractivity contribution in [2.75, 3.05) is 6.61 Å². The quantitative estimate of drug-likeness (QED) is 0.938. The smallest absolute Gasteiger partial charge is 0.353 e. The molecule has 0 bridgehead atoms. The number of oxime groups is 1. The van der Waals surface area contributed by atoms with Gasteiger partial charge in [0.1, 0.15) is 6.61 Å². The molecule has 3 rings (SSSR count). The van der Waals surface area contributed by atoms with Crippen molar-refractivity contribution in [3.63, 3.8) is 0 Å². The molecule has 0 atom stereocenters. The second-order valence-corrected chi connectivity index (χ2v) is 4.85. The Morgan fingerprint density at radius 3 is 2.41 bits per heavy atom. The highest BCUT2D eigenvalue weighted by molar-refractivity contribution is 6.35. The summed E-state index contributed by atoms with van der Waals surface area (Å²) in [5.74, 6) is -0.984. The van der Waals surface area contributed by atoms with Crippen molar-refractivity contribution in [3.8, 4) is 11.1 Å². The first-order valence-electron chi connectivity index (χ1n) is 7.27. The lowest BCUT2D eigenvalue weighted by Gasteiger charge is -2.03. The summed E-state index contributed by atoms with van der Waals surface area (Å²) in [6.07, 6.45) is 1.52. The first kappa shape index (κ1) is 15.8. The highest BCUT2D eigenvalue weighted by Crippen LogP contribution is 2.19.